The average Bonchev–Trinajstić information content (AvgIpc) is 2.72. The zero-order chi connectivity index (χ0) is 21.1. The minimum absolute atomic E-state index is 0.0134. The van der Waals surface area contributed by atoms with Gasteiger partial charge in [0, 0.05) is 25.2 Å². The molecule has 0 saturated carbocycles. The Labute approximate surface area is 164 Å². The lowest BCUT2D eigenvalue weighted by molar-refractivity contribution is 0.0955. The van der Waals surface area contributed by atoms with E-state index in [0.29, 0.717) is 19.4 Å². The Hall–Kier alpha value is -3.50. The third-order valence-electron chi connectivity index (χ3n) is 4.48. The number of hydrogen-bond donors (Lipinski definition) is 6. The van der Waals surface area contributed by atoms with E-state index in [1.807, 2.05) is 0 Å². The van der Waals surface area contributed by atoms with E-state index < -0.39 is 11.7 Å². The highest BCUT2D eigenvalue weighted by atomic mass is 16.3. The molecule has 0 fully saturated rings. The second kappa shape index (κ2) is 8.25. The topological polar surface area (TPSA) is 165 Å². The number of aldehydes is 1. The third-order valence-corrected chi connectivity index (χ3v) is 4.48. The van der Waals surface area contributed by atoms with Gasteiger partial charge in [0.1, 0.15) is 39.3 Å². The summed E-state index contributed by atoms with van der Waals surface area (Å²) in [5, 5.41) is 45.0. The molecule has 0 aliphatic rings. The molecule has 6 N–H and O–H groups in total. The monoisotopic (exact) mass is 400 g/mol. The van der Waals surface area contributed by atoms with Crippen molar-refractivity contribution < 1.29 is 30.0 Å². The summed E-state index contributed by atoms with van der Waals surface area (Å²) in [6, 6.07) is 2.65. The summed E-state index contributed by atoms with van der Waals surface area (Å²) in [5.41, 5.74) is -0.173. The molecule has 0 saturated heterocycles. The lowest BCUT2D eigenvalue weighted by atomic mass is 10.0. The van der Waals surface area contributed by atoms with E-state index >= 15 is 0 Å². The molecule has 0 unspecified atom stereocenters. The van der Waals surface area contributed by atoms with Gasteiger partial charge in [-0.25, -0.2) is 9.97 Å². The lowest BCUT2D eigenvalue weighted by Crippen LogP contribution is -2.33. The highest BCUT2D eigenvalue weighted by Crippen LogP contribution is 2.38. The maximum Gasteiger partial charge on any atom is 0.253 e. The van der Waals surface area contributed by atoms with Crippen LogP contribution in [0.5, 0.6) is 17.2 Å². The van der Waals surface area contributed by atoms with Crippen LogP contribution in [0, 0.1) is 6.92 Å². The molecule has 29 heavy (non-hydrogen) atoms. The van der Waals surface area contributed by atoms with Crippen molar-refractivity contribution in [2.45, 2.75) is 6.92 Å². The van der Waals surface area contributed by atoms with Crippen LogP contribution in [-0.4, -0.2) is 68.8 Å². The summed E-state index contributed by atoms with van der Waals surface area (Å²) in [6.07, 6.45) is 0.387. The first-order valence-corrected chi connectivity index (χ1v) is 8.83. The van der Waals surface area contributed by atoms with E-state index in [9.17, 15) is 24.9 Å². The van der Waals surface area contributed by atoms with Gasteiger partial charge in [-0.05, 0) is 19.1 Å². The fourth-order valence-corrected chi connectivity index (χ4v) is 2.94. The predicted molar refractivity (Wildman–Crippen MR) is 104 cm³/mol. The number of nitrogens with zero attached hydrogens (tertiary/aromatic N) is 2. The quantitative estimate of drug-likeness (QED) is 0.186. The first-order valence-electron chi connectivity index (χ1n) is 8.83. The second-order valence-electron chi connectivity index (χ2n) is 6.33. The molecule has 3 rings (SSSR count). The number of rotatable bonds is 7. The Balaban J connectivity index is 2.13. The standard InChI is InChI=1S/C19H20N4O6/c1-9-17(27)11(8-25)14-16(18(9)28)23-13-10(2-3-12(26)15(13)22-14)19(29)21-5-4-20-6-7-24/h2-3,8,20,24,26-28H,4-7H2,1H3,(H,21,29). The van der Waals surface area contributed by atoms with E-state index in [0.717, 1.165) is 0 Å². The van der Waals surface area contributed by atoms with Gasteiger partial charge in [0.15, 0.2) is 6.29 Å². The zero-order valence-corrected chi connectivity index (χ0v) is 15.6. The van der Waals surface area contributed by atoms with E-state index in [2.05, 4.69) is 20.6 Å². The van der Waals surface area contributed by atoms with Crippen LogP contribution < -0.4 is 10.6 Å². The Morgan fingerprint density at radius 3 is 2.41 bits per heavy atom. The van der Waals surface area contributed by atoms with Crippen LogP contribution in [0.1, 0.15) is 26.3 Å². The molecule has 1 heterocycles. The van der Waals surface area contributed by atoms with Crippen molar-refractivity contribution >= 4 is 34.3 Å². The van der Waals surface area contributed by atoms with Crippen molar-refractivity contribution in [3.63, 3.8) is 0 Å². The van der Waals surface area contributed by atoms with Crippen molar-refractivity contribution in [2.24, 2.45) is 0 Å². The molecular weight excluding hydrogens is 380 g/mol. The number of phenolic OH excluding ortho intramolecular Hbond substituents is 3. The van der Waals surface area contributed by atoms with Crippen LogP contribution in [0.4, 0.5) is 0 Å². The molecule has 1 aromatic heterocycles. The number of aromatic hydroxyl groups is 3. The fourth-order valence-electron chi connectivity index (χ4n) is 2.94. The van der Waals surface area contributed by atoms with Crippen LogP contribution in [0.2, 0.25) is 0 Å². The molecule has 0 spiro atoms. The maximum absolute atomic E-state index is 12.6. The van der Waals surface area contributed by atoms with E-state index in [1.54, 1.807) is 0 Å². The number of carbonyl (C=O) groups excluding carboxylic acids is 2. The number of aliphatic hydroxyl groups is 1. The van der Waals surface area contributed by atoms with Crippen LogP contribution in [0.15, 0.2) is 12.1 Å². The SMILES string of the molecule is Cc1c(O)c(C=O)c2nc3c(O)ccc(C(=O)NCCNCCO)c3nc2c1O. The van der Waals surface area contributed by atoms with Crippen LogP contribution in [0.3, 0.4) is 0 Å². The van der Waals surface area contributed by atoms with E-state index in [4.69, 9.17) is 5.11 Å². The number of fused-ring (bicyclic) bond motifs is 2. The fraction of sp³-hybridized carbons (Fsp3) is 0.263. The number of phenols is 3. The second-order valence-corrected chi connectivity index (χ2v) is 6.33. The van der Waals surface area contributed by atoms with E-state index in [1.165, 1.54) is 19.1 Å². The van der Waals surface area contributed by atoms with Gasteiger partial charge < -0.3 is 31.1 Å². The highest BCUT2D eigenvalue weighted by Gasteiger charge is 2.22. The first kappa shape index (κ1) is 20.2. The van der Waals surface area contributed by atoms with Gasteiger partial charge in [0.25, 0.3) is 5.91 Å². The normalized spacial score (nSPS) is 11.1. The minimum Gasteiger partial charge on any atom is -0.507 e. The first-order chi connectivity index (χ1) is 13.9. The Kier molecular flexibility index (Phi) is 5.76. The van der Waals surface area contributed by atoms with Crippen molar-refractivity contribution in [1.29, 1.82) is 0 Å². The predicted octanol–water partition coefficient (Wildman–Crippen LogP) is 0.332. The van der Waals surface area contributed by atoms with Gasteiger partial charge in [-0.3, -0.25) is 9.59 Å². The summed E-state index contributed by atoms with van der Waals surface area (Å²) in [6.45, 7) is 2.54. The van der Waals surface area contributed by atoms with Gasteiger partial charge in [-0.1, -0.05) is 0 Å². The zero-order valence-electron chi connectivity index (χ0n) is 15.6. The van der Waals surface area contributed by atoms with Crippen molar-refractivity contribution in [1.82, 2.24) is 20.6 Å². The molecule has 0 bridgehead atoms. The summed E-state index contributed by atoms with van der Waals surface area (Å²) in [7, 11) is 0. The van der Waals surface area contributed by atoms with Crippen LogP contribution in [-0.2, 0) is 0 Å². The van der Waals surface area contributed by atoms with Gasteiger partial charge in [-0.15, -0.1) is 0 Å². The van der Waals surface area contributed by atoms with Crippen molar-refractivity contribution in [2.75, 3.05) is 26.2 Å². The summed E-state index contributed by atoms with van der Waals surface area (Å²) < 4.78 is 0. The Bertz CT molecular complexity index is 1120. The Morgan fingerprint density at radius 2 is 1.72 bits per heavy atom. The average molecular weight is 400 g/mol. The molecule has 2 aromatic carbocycles. The molecule has 10 nitrogen and oxygen atoms in total. The number of aromatic nitrogens is 2. The summed E-state index contributed by atoms with van der Waals surface area (Å²) in [4.78, 5) is 32.5. The summed E-state index contributed by atoms with van der Waals surface area (Å²) in [5.74, 6) is -1.55. The summed E-state index contributed by atoms with van der Waals surface area (Å²) >= 11 is 0. The largest absolute Gasteiger partial charge is 0.507 e. The highest BCUT2D eigenvalue weighted by molar-refractivity contribution is 6.09. The number of aliphatic hydroxyl groups excluding tert-OH is 1. The van der Waals surface area contributed by atoms with E-state index in [-0.39, 0.29) is 63.4 Å². The van der Waals surface area contributed by atoms with Crippen molar-refractivity contribution in [3.05, 3.63) is 28.8 Å². The van der Waals surface area contributed by atoms with Crippen molar-refractivity contribution in [3.8, 4) is 17.2 Å². The number of amides is 1. The number of benzene rings is 2. The molecule has 10 heteroatoms. The number of carbonyl (C=O) groups is 2. The Morgan fingerprint density at radius 1 is 1.00 bits per heavy atom. The minimum atomic E-state index is -0.472. The third kappa shape index (κ3) is 3.62. The molecule has 0 aliphatic heterocycles. The molecule has 0 atom stereocenters. The lowest BCUT2D eigenvalue weighted by Gasteiger charge is -2.13. The number of nitrogens with one attached hydrogen (secondary N) is 2. The molecular formula is C19H20N4O6. The van der Waals surface area contributed by atoms with Crippen LogP contribution in [0.25, 0.3) is 22.1 Å². The number of hydrogen-bond acceptors (Lipinski definition) is 9. The molecule has 0 aliphatic carbocycles. The molecule has 0 radical (unpaired) electrons. The van der Waals surface area contributed by atoms with Crippen LogP contribution >= 0.6 is 0 Å². The smallest absolute Gasteiger partial charge is 0.253 e. The maximum atomic E-state index is 12.6. The van der Waals surface area contributed by atoms with Gasteiger partial charge in [0.05, 0.1) is 17.7 Å². The molecule has 1 amide bonds. The molecule has 152 valence electrons. The van der Waals surface area contributed by atoms with Gasteiger partial charge >= 0.3 is 0 Å². The van der Waals surface area contributed by atoms with Gasteiger partial charge in [0.2, 0.25) is 0 Å². The van der Waals surface area contributed by atoms with Gasteiger partial charge in [-0.2, -0.15) is 0 Å². The molecule has 3 aromatic rings.